The van der Waals surface area contributed by atoms with Gasteiger partial charge in [-0.1, -0.05) is 12.1 Å². The molecule has 5 nitrogen and oxygen atoms in total. The van der Waals surface area contributed by atoms with Gasteiger partial charge in [0.1, 0.15) is 11.9 Å². The second-order valence-electron chi connectivity index (χ2n) is 6.35. The predicted octanol–water partition coefficient (Wildman–Crippen LogP) is 2.93. The average Bonchev–Trinajstić information content (AvgIpc) is 2.96. The Morgan fingerprint density at radius 1 is 1.12 bits per heavy atom. The van der Waals surface area contributed by atoms with Crippen molar-refractivity contribution in [2.75, 3.05) is 22.1 Å². The van der Waals surface area contributed by atoms with Crippen LogP contribution >= 0.6 is 0 Å². The van der Waals surface area contributed by atoms with Gasteiger partial charge < -0.3 is 15.5 Å². The SMILES string of the molecule is O=C1CCc2cc(N[C@@H]3CCN(c4ccccc4F)C3=O)ccc2N1. The first kappa shape index (κ1) is 15.6. The largest absolute Gasteiger partial charge is 0.374 e. The summed E-state index contributed by atoms with van der Waals surface area (Å²) in [5, 5.41) is 6.09. The number of carbonyl (C=O) groups is 2. The molecule has 0 aliphatic carbocycles. The Labute approximate surface area is 144 Å². The van der Waals surface area contributed by atoms with Crippen LogP contribution in [0.5, 0.6) is 0 Å². The van der Waals surface area contributed by atoms with E-state index in [2.05, 4.69) is 10.6 Å². The van der Waals surface area contributed by atoms with Crippen LogP contribution in [0.25, 0.3) is 0 Å². The molecule has 2 aromatic rings. The Hall–Kier alpha value is -2.89. The Bertz CT molecular complexity index is 852. The fourth-order valence-corrected chi connectivity index (χ4v) is 3.40. The lowest BCUT2D eigenvalue weighted by Crippen LogP contribution is -2.34. The van der Waals surface area contributed by atoms with E-state index in [1.54, 1.807) is 18.2 Å². The van der Waals surface area contributed by atoms with Crippen LogP contribution in [0.15, 0.2) is 42.5 Å². The third-order valence-electron chi connectivity index (χ3n) is 4.69. The van der Waals surface area contributed by atoms with Gasteiger partial charge in [0.2, 0.25) is 11.8 Å². The minimum atomic E-state index is -0.388. The number of carbonyl (C=O) groups excluding carboxylic acids is 2. The molecule has 0 unspecified atom stereocenters. The highest BCUT2D eigenvalue weighted by Gasteiger charge is 2.33. The Morgan fingerprint density at radius 2 is 1.96 bits per heavy atom. The van der Waals surface area contributed by atoms with Crippen molar-refractivity contribution in [1.82, 2.24) is 0 Å². The maximum Gasteiger partial charge on any atom is 0.249 e. The van der Waals surface area contributed by atoms with Crippen LogP contribution in [0.3, 0.4) is 0 Å². The molecule has 0 bridgehead atoms. The van der Waals surface area contributed by atoms with E-state index >= 15 is 0 Å². The molecule has 128 valence electrons. The standard InChI is InChI=1S/C19H18FN3O2/c20-14-3-1-2-4-17(14)23-10-9-16(19(23)25)21-13-6-7-15-12(11-13)5-8-18(24)22-15/h1-4,6-7,11,16,21H,5,8-10H2,(H,22,24)/t16-/m1/s1. The van der Waals surface area contributed by atoms with E-state index in [9.17, 15) is 14.0 Å². The predicted molar refractivity (Wildman–Crippen MR) is 94.2 cm³/mol. The van der Waals surface area contributed by atoms with Crippen molar-refractivity contribution in [1.29, 1.82) is 0 Å². The highest BCUT2D eigenvalue weighted by molar-refractivity contribution is 6.01. The van der Waals surface area contributed by atoms with Crippen molar-refractivity contribution in [3.8, 4) is 0 Å². The monoisotopic (exact) mass is 339 g/mol. The molecular formula is C19H18FN3O2. The van der Waals surface area contributed by atoms with Crippen LogP contribution in [0.4, 0.5) is 21.5 Å². The summed E-state index contributed by atoms with van der Waals surface area (Å²) in [7, 11) is 0. The van der Waals surface area contributed by atoms with Crippen LogP contribution in [-0.2, 0) is 16.0 Å². The molecule has 0 radical (unpaired) electrons. The quantitative estimate of drug-likeness (QED) is 0.904. The molecule has 25 heavy (non-hydrogen) atoms. The van der Waals surface area contributed by atoms with Crippen molar-refractivity contribution in [2.45, 2.75) is 25.3 Å². The number of para-hydroxylation sites is 1. The highest BCUT2D eigenvalue weighted by Crippen LogP contribution is 2.29. The molecule has 2 amide bonds. The lowest BCUT2D eigenvalue weighted by Gasteiger charge is -2.20. The molecule has 4 rings (SSSR count). The minimum absolute atomic E-state index is 0.0275. The summed E-state index contributed by atoms with van der Waals surface area (Å²) in [5.41, 5.74) is 3.04. The highest BCUT2D eigenvalue weighted by atomic mass is 19.1. The number of aryl methyl sites for hydroxylation is 1. The number of benzene rings is 2. The first-order valence-corrected chi connectivity index (χ1v) is 8.37. The molecule has 1 fully saturated rings. The number of hydrogen-bond donors (Lipinski definition) is 2. The summed E-state index contributed by atoms with van der Waals surface area (Å²) in [6, 6.07) is 11.6. The molecule has 6 heteroatoms. The van der Waals surface area contributed by atoms with E-state index in [1.807, 2.05) is 18.2 Å². The molecule has 2 heterocycles. The van der Waals surface area contributed by atoms with E-state index in [0.29, 0.717) is 31.5 Å². The van der Waals surface area contributed by atoms with Gasteiger partial charge in [-0.05, 0) is 48.7 Å². The van der Waals surface area contributed by atoms with Crippen molar-refractivity contribution in [2.24, 2.45) is 0 Å². The maximum atomic E-state index is 13.9. The fraction of sp³-hybridized carbons (Fsp3) is 0.263. The van der Waals surface area contributed by atoms with Gasteiger partial charge in [0.15, 0.2) is 0 Å². The smallest absolute Gasteiger partial charge is 0.249 e. The lowest BCUT2D eigenvalue weighted by atomic mass is 10.0. The molecule has 2 N–H and O–H groups in total. The normalized spacial score (nSPS) is 19.6. The van der Waals surface area contributed by atoms with E-state index < -0.39 is 0 Å². The topological polar surface area (TPSA) is 61.4 Å². The zero-order chi connectivity index (χ0) is 17.4. The van der Waals surface area contributed by atoms with Gasteiger partial charge in [0.25, 0.3) is 0 Å². The first-order chi connectivity index (χ1) is 12.1. The first-order valence-electron chi connectivity index (χ1n) is 8.37. The van der Waals surface area contributed by atoms with Gasteiger partial charge in [0.05, 0.1) is 5.69 Å². The molecule has 1 atom stereocenters. The zero-order valence-corrected chi connectivity index (χ0v) is 13.6. The third kappa shape index (κ3) is 2.95. The average molecular weight is 339 g/mol. The number of amides is 2. The molecule has 1 saturated heterocycles. The van der Waals surface area contributed by atoms with Gasteiger partial charge in [-0.2, -0.15) is 0 Å². The van der Waals surface area contributed by atoms with E-state index in [0.717, 1.165) is 16.9 Å². The zero-order valence-electron chi connectivity index (χ0n) is 13.6. The number of nitrogens with zero attached hydrogens (tertiary/aromatic N) is 1. The van der Waals surface area contributed by atoms with E-state index in [4.69, 9.17) is 0 Å². The summed E-state index contributed by atoms with van der Waals surface area (Å²) < 4.78 is 13.9. The number of hydrogen-bond acceptors (Lipinski definition) is 3. The van der Waals surface area contributed by atoms with Gasteiger partial charge in [-0.15, -0.1) is 0 Å². The van der Waals surface area contributed by atoms with Crippen LogP contribution in [0.2, 0.25) is 0 Å². The van der Waals surface area contributed by atoms with Crippen molar-refractivity contribution < 1.29 is 14.0 Å². The van der Waals surface area contributed by atoms with Crippen molar-refractivity contribution >= 4 is 28.9 Å². The summed E-state index contributed by atoms with van der Waals surface area (Å²) >= 11 is 0. The minimum Gasteiger partial charge on any atom is -0.374 e. The molecular weight excluding hydrogens is 321 g/mol. The summed E-state index contributed by atoms with van der Waals surface area (Å²) in [5.74, 6) is -0.489. The molecule has 0 spiro atoms. The Kier molecular flexibility index (Phi) is 3.87. The number of halogens is 1. The molecule has 0 saturated carbocycles. The molecule has 2 aliphatic heterocycles. The molecule has 2 aromatic carbocycles. The summed E-state index contributed by atoms with van der Waals surface area (Å²) in [6.45, 7) is 0.485. The number of fused-ring (bicyclic) bond motifs is 1. The lowest BCUT2D eigenvalue weighted by molar-refractivity contribution is -0.118. The van der Waals surface area contributed by atoms with Gasteiger partial charge >= 0.3 is 0 Å². The Morgan fingerprint density at radius 3 is 2.80 bits per heavy atom. The van der Waals surface area contributed by atoms with Crippen molar-refractivity contribution in [3.63, 3.8) is 0 Å². The number of anilines is 3. The van der Waals surface area contributed by atoms with Crippen molar-refractivity contribution in [3.05, 3.63) is 53.8 Å². The van der Waals surface area contributed by atoms with Gasteiger partial charge in [-0.25, -0.2) is 4.39 Å². The van der Waals surface area contributed by atoms with E-state index in [1.165, 1.54) is 11.0 Å². The maximum absolute atomic E-state index is 13.9. The van der Waals surface area contributed by atoms with Crippen LogP contribution in [-0.4, -0.2) is 24.4 Å². The summed E-state index contributed by atoms with van der Waals surface area (Å²) in [6.07, 6.45) is 1.78. The fourth-order valence-electron chi connectivity index (χ4n) is 3.40. The van der Waals surface area contributed by atoms with Crippen LogP contribution in [0, 0.1) is 5.82 Å². The Balaban J connectivity index is 1.50. The molecule has 2 aliphatic rings. The third-order valence-corrected chi connectivity index (χ3v) is 4.69. The van der Waals surface area contributed by atoms with Crippen LogP contribution in [0.1, 0.15) is 18.4 Å². The molecule has 0 aromatic heterocycles. The number of rotatable bonds is 3. The van der Waals surface area contributed by atoms with Crippen LogP contribution < -0.4 is 15.5 Å². The second kappa shape index (κ2) is 6.20. The summed E-state index contributed by atoms with van der Waals surface area (Å²) in [4.78, 5) is 25.5. The van der Waals surface area contributed by atoms with Gasteiger partial charge in [-0.3, -0.25) is 9.59 Å². The van der Waals surface area contributed by atoms with Gasteiger partial charge in [0, 0.05) is 24.3 Å². The second-order valence-corrected chi connectivity index (χ2v) is 6.35. The number of nitrogens with one attached hydrogen (secondary N) is 2. The van der Waals surface area contributed by atoms with E-state index in [-0.39, 0.29) is 23.7 Å².